The number of carboxylic acids is 1. The lowest BCUT2D eigenvalue weighted by Crippen LogP contribution is -2.42. The number of aliphatic carboxylic acids is 1. The highest BCUT2D eigenvalue weighted by molar-refractivity contribution is 6.30. The number of hydrogen-bond donors (Lipinski definition) is 5. The van der Waals surface area contributed by atoms with Crippen LogP contribution in [-0.2, 0) is 19.7 Å². The van der Waals surface area contributed by atoms with Crippen LogP contribution < -0.4 is 16.4 Å². The molecule has 1 unspecified atom stereocenters. The molecule has 10 nitrogen and oxygen atoms in total. The van der Waals surface area contributed by atoms with Crippen LogP contribution in [-0.4, -0.2) is 51.5 Å². The van der Waals surface area contributed by atoms with E-state index in [1.54, 1.807) is 0 Å². The predicted molar refractivity (Wildman–Crippen MR) is 181 cm³/mol. The van der Waals surface area contributed by atoms with Crippen LogP contribution >= 0.6 is 11.6 Å². The molecule has 1 aliphatic heterocycles. The number of rotatable bonds is 11. The van der Waals surface area contributed by atoms with Gasteiger partial charge in [0.05, 0.1) is 5.56 Å². The summed E-state index contributed by atoms with van der Waals surface area (Å²) in [5, 5.41) is 23.0. The van der Waals surface area contributed by atoms with Gasteiger partial charge in [0.2, 0.25) is 11.8 Å². The molecule has 0 saturated carbocycles. The largest absolute Gasteiger partial charge is 0.480 e. The Bertz CT molecular complexity index is 1580. The van der Waals surface area contributed by atoms with Gasteiger partial charge in [-0.05, 0) is 56.0 Å². The second-order valence-electron chi connectivity index (χ2n) is 11.2. The van der Waals surface area contributed by atoms with Gasteiger partial charge in [0, 0.05) is 17.0 Å². The molecule has 1 aliphatic rings. The molecule has 49 heavy (non-hydrogen) atoms. The van der Waals surface area contributed by atoms with Crippen molar-refractivity contribution in [2.24, 2.45) is 0 Å². The van der Waals surface area contributed by atoms with Gasteiger partial charge in [0.25, 0.3) is 0 Å². The Balaban J connectivity index is 0.000000858. The number of hydrogen-bond acceptors (Lipinski definition) is 8. The van der Waals surface area contributed by atoms with Crippen LogP contribution in [0.5, 0.6) is 0 Å². The van der Waals surface area contributed by atoms with E-state index in [0.717, 1.165) is 28.7 Å². The average molecular weight is 719 g/mol. The monoisotopic (exact) mass is 718 g/mol. The fraction of sp³-hybridized carbons (Fsp3) is 0.485. The van der Waals surface area contributed by atoms with Gasteiger partial charge in [-0.3, -0.25) is 15.0 Å². The Morgan fingerprint density at radius 3 is 2.27 bits per heavy atom. The fourth-order valence-corrected chi connectivity index (χ4v) is 4.76. The molecule has 272 valence electrons. The minimum atomic E-state index is -5.39. The van der Waals surface area contributed by atoms with E-state index < -0.39 is 48.3 Å². The molecule has 2 aromatic rings. The SMILES string of the molecule is C=C(NCC(=O)O)OC(=N)C1(C)C(=O)Nc2nc(C(=C(C)CC)c3ccc(Cl)cc3C(C)C)nc(N)c21.CC.CCCC(F)(F)C(F)(F)F. The van der Waals surface area contributed by atoms with Crippen LogP contribution in [0.15, 0.2) is 36.2 Å². The van der Waals surface area contributed by atoms with E-state index in [4.69, 9.17) is 32.6 Å². The number of ether oxygens (including phenoxy) is 1. The average Bonchev–Trinajstić information content (AvgIpc) is 3.27. The lowest BCUT2D eigenvalue weighted by Gasteiger charge is -2.24. The number of nitrogens with one attached hydrogen (secondary N) is 3. The zero-order chi connectivity index (χ0) is 38.1. The molecule has 1 amide bonds. The van der Waals surface area contributed by atoms with E-state index in [2.05, 4.69) is 41.0 Å². The van der Waals surface area contributed by atoms with E-state index in [9.17, 15) is 31.5 Å². The second-order valence-corrected chi connectivity index (χ2v) is 11.6. The zero-order valence-electron chi connectivity index (χ0n) is 28.8. The van der Waals surface area contributed by atoms with E-state index >= 15 is 0 Å². The summed E-state index contributed by atoms with van der Waals surface area (Å²) in [5.74, 6) is -6.23. The van der Waals surface area contributed by atoms with Gasteiger partial charge in [-0.1, -0.05) is 71.2 Å². The molecule has 0 aliphatic carbocycles. The topological polar surface area (TPSA) is 163 Å². The maximum absolute atomic E-state index is 13.1. The molecule has 0 spiro atoms. The van der Waals surface area contributed by atoms with Crippen molar-refractivity contribution in [3.05, 3.63) is 63.8 Å². The number of fused-ring (bicyclic) bond motifs is 1. The molecule has 6 N–H and O–H groups in total. The molecule has 3 rings (SSSR count). The summed E-state index contributed by atoms with van der Waals surface area (Å²) in [6.07, 6.45) is -5.96. The minimum absolute atomic E-state index is 0.0137. The summed E-state index contributed by atoms with van der Waals surface area (Å²) in [7, 11) is 0. The Morgan fingerprint density at radius 2 is 1.80 bits per heavy atom. The molecule has 2 heterocycles. The number of anilines is 2. The predicted octanol–water partition coefficient (Wildman–Crippen LogP) is 8.43. The van der Waals surface area contributed by atoms with Crippen LogP contribution in [0.3, 0.4) is 0 Å². The van der Waals surface area contributed by atoms with Crippen molar-refractivity contribution in [3.8, 4) is 0 Å². The highest BCUT2D eigenvalue weighted by atomic mass is 35.5. The third-order valence-corrected chi connectivity index (χ3v) is 7.54. The van der Waals surface area contributed by atoms with Crippen LogP contribution in [0.1, 0.15) is 103 Å². The number of nitrogens with zero attached hydrogens (tertiary/aromatic N) is 2. The molecule has 0 saturated heterocycles. The van der Waals surface area contributed by atoms with Gasteiger partial charge >= 0.3 is 18.1 Å². The first kappa shape index (κ1) is 42.8. The molecule has 1 aromatic heterocycles. The molecule has 1 aromatic carbocycles. The van der Waals surface area contributed by atoms with Crippen LogP contribution in [0.4, 0.5) is 33.6 Å². The summed E-state index contributed by atoms with van der Waals surface area (Å²) in [6.45, 7) is 18.0. The standard InChI is InChI=1S/C26H31ClN6O4.C5H7F5.C2H6/c1-7-13(4)19(16-9-8-15(27)10-17(16)12(2)3)22-31-21(28)20-23(32-22)33-25(36)26(20,6)24(29)37-14(5)30-11-18(34)35;1-2-3-4(6,7)5(8,9)10;1-2/h8-10,12,29-30H,5,7,11H2,1-4,6H3,(H,34,35)(H3,28,31,32,33,36);2-3H2,1H3;1-2H3. The number of amides is 1. The van der Waals surface area contributed by atoms with Crippen molar-refractivity contribution in [1.29, 1.82) is 5.41 Å². The van der Waals surface area contributed by atoms with Crippen molar-refractivity contribution in [2.75, 3.05) is 17.6 Å². The minimum Gasteiger partial charge on any atom is -0.480 e. The zero-order valence-corrected chi connectivity index (χ0v) is 29.5. The molecule has 1 atom stereocenters. The highest BCUT2D eigenvalue weighted by Crippen LogP contribution is 2.43. The molecular weight excluding hydrogens is 675 g/mol. The molecular formula is C33H44ClF5N6O4. The van der Waals surface area contributed by atoms with Crippen molar-refractivity contribution in [2.45, 2.75) is 98.1 Å². The summed E-state index contributed by atoms with van der Waals surface area (Å²) < 4.78 is 62.8. The Morgan fingerprint density at radius 1 is 1.20 bits per heavy atom. The Kier molecular flexibility index (Phi) is 15.2. The molecule has 0 radical (unpaired) electrons. The number of carbonyl (C=O) groups is 2. The second kappa shape index (κ2) is 17.4. The van der Waals surface area contributed by atoms with E-state index in [1.165, 1.54) is 13.8 Å². The quantitative estimate of drug-likeness (QED) is 0.0669. The first-order valence-electron chi connectivity index (χ1n) is 15.5. The Labute approximate surface area is 287 Å². The number of alkyl halides is 5. The van der Waals surface area contributed by atoms with E-state index in [-0.39, 0.29) is 35.4 Å². The number of carboxylic acid groups (broad SMARTS) is 1. The number of nitrogens with two attached hydrogens (primary N) is 1. The van der Waals surface area contributed by atoms with Crippen LogP contribution in [0, 0.1) is 5.41 Å². The lowest BCUT2D eigenvalue weighted by atomic mass is 9.84. The third-order valence-electron chi connectivity index (χ3n) is 7.30. The number of benzene rings is 1. The molecule has 16 heteroatoms. The van der Waals surface area contributed by atoms with Crippen molar-refractivity contribution in [1.82, 2.24) is 15.3 Å². The number of halogens is 6. The fourth-order valence-electron chi connectivity index (χ4n) is 4.58. The van der Waals surface area contributed by atoms with Crippen LogP contribution in [0.25, 0.3) is 5.57 Å². The molecule has 0 fully saturated rings. The first-order chi connectivity index (χ1) is 22.6. The maximum atomic E-state index is 13.1. The smallest absolute Gasteiger partial charge is 0.453 e. The number of carbonyl (C=O) groups excluding carboxylic acids is 1. The number of aromatic nitrogens is 2. The summed E-state index contributed by atoms with van der Waals surface area (Å²) in [5.41, 5.74) is 8.70. The van der Waals surface area contributed by atoms with E-state index in [1.807, 2.05) is 45.9 Å². The highest BCUT2D eigenvalue weighted by Gasteiger charge is 2.56. The van der Waals surface area contributed by atoms with E-state index in [0.29, 0.717) is 10.8 Å². The number of allylic oxidation sites excluding steroid dienone is 1. The Hall–Kier alpha value is -4.27. The van der Waals surface area contributed by atoms with Gasteiger partial charge in [-0.2, -0.15) is 22.0 Å². The first-order valence-corrected chi connectivity index (χ1v) is 15.8. The van der Waals surface area contributed by atoms with Gasteiger partial charge in [0.15, 0.2) is 17.1 Å². The van der Waals surface area contributed by atoms with Gasteiger partial charge < -0.3 is 26.2 Å². The van der Waals surface area contributed by atoms with Crippen molar-refractivity contribution >= 4 is 46.6 Å². The summed E-state index contributed by atoms with van der Waals surface area (Å²) >= 11 is 6.29. The van der Waals surface area contributed by atoms with Crippen LogP contribution in [0.2, 0.25) is 5.02 Å². The molecule has 0 bridgehead atoms. The number of nitrogen functional groups attached to an aromatic ring is 1. The van der Waals surface area contributed by atoms with Gasteiger partial charge in [-0.25, -0.2) is 9.97 Å². The van der Waals surface area contributed by atoms with Crippen molar-refractivity contribution in [3.63, 3.8) is 0 Å². The van der Waals surface area contributed by atoms with Gasteiger partial charge in [-0.15, -0.1) is 0 Å². The van der Waals surface area contributed by atoms with Crippen molar-refractivity contribution < 1.29 is 41.4 Å². The maximum Gasteiger partial charge on any atom is 0.453 e. The normalized spacial score (nSPS) is 15.9. The van der Waals surface area contributed by atoms with Gasteiger partial charge in [0.1, 0.15) is 18.2 Å². The third kappa shape index (κ3) is 10.1. The summed E-state index contributed by atoms with van der Waals surface area (Å²) in [6, 6.07) is 5.66. The lowest BCUT2D eigenvalue weighted by molar-refractivity contribution is -0.284. The summed E-state index contributed by atoms with van der Waals surface area (Å²) in [4.78, 5) is 33.1.